The number of rotatable bonds is 0. The molecule has 0 saturated heterocycles. The monoisotopic (exact) mass is 150 g/mol. The van der Waals surface area contributed by atoms with E-state index in [0.717, 1.165) is 10.4 Å². The highest BCUT2D eigenvalue weighted by atomic mass is 16.5. The predicted octanol–water partition coefficient (Wildman–Crippen LogP) is 0.259. The summed E-state index contributed by atoms with van der Waals surface area (Å²) in [6.45, 7) is 0. The minimum atomic E-state index is 0.0468. The van der Waals surface area contributed by atoms with Crippen molar-refractivity contribution in [1.82, 2.24) is 9.94 Å². The Morgan fingerprint density at radius 3 is 3.18 bits per heavy atom. The Hall–Kier alpha value is -1.58. The molecule has 4 heteroatoms. The van der Waals surface area contributed by atoms with E-state index in [1.54, 1.807) is 6.08 Å². The summed E-state index contributed by atoms with van der Waals surface area (Å²) in [6, 6.07) is 0. The fourth-order valence-electron chi connectivity index (χ4n) is 1.11. The van der Waals surface area contributed by atoms with Gasteiger partial charge in [0.25, 0.3) is 0 Å². The minimum Gasteiger partial charge on any atom is -0.411 e. The van der Waals surface area contributed by atoms with E-state index in [9.17, 15) is 4.79 Å². The third-order valence-corrected chi connectivity index (χ3v) is 1.66. The normalized spacial score (nSPS) is 15.1. The Kier molecular flexibility index (Phi) is 1.09. The molecule has 56 valence electrons. The van der Waals surface area contributed by atoms with Crippen LogP contribution >= 0.6 is 0 Å². The van der Waals surface area contributed by atoms with Gasteiger partial charge in [0.05, 0.1) is 6.20 Å². The summed E-state index contributed by atoms with van der Waals surface area (Å²) in [5.74, 6) is 0.0468. The van der Waals surface area contributed by atoms with Crippen LogP contribution in [-0.2, 0) is 11.2 Å². The summed E-state index contributed by atoms with van der Waals surface area (Å²) >= 11 is 0. The summed E-state index contributed by atoms with van der Waals surface area (Å²) in [7, 11) is 0. The summed E-state index contributed by atoms with van der Waals surface area (Å²) in [6.07, 6.45) is 4.84. The van der Waals surface area contributed by atoms with Gasteiger partial charge in [-0.1, -0.05) is 0 Å². The van der Waals surface area contributed by atoms with E-state index in [2.05, 4.69) is 5.10 Å². The van der Waals surface area contributed by atoms with Crippen molar-refractivity contribution in [3.05, 3.63) is 23.5 Å². The lowest BCUT2D eigenvalue weighted by Crippen LogP contribution is -2.06. The van der Waals surface area contributed by atoms with Gasteiger partial charge in [-0.05, 0) is 12.2 Å². The second-order valence-corrected chi connectivity index (χ2v) is 2.42. The smallest absolute Gasteiger partial charge is 0.160 e. The molecule has 0 aliphatic heterocycles. The molecule has 0 unspecified atom stereocenters. The SMILES string of the molecule is O=C1C=Cc2c(cnn2O)C1. The molecule has 4 nitrogen and oxygen atoms in total. The van der Waals surface area contributed by atoms with Gasteiger partial charge in [-0.25, -0.2) is 0 Å². The van der Waals surface area contributed by atoms with Crippen LogP contribution in [0.4, 0.5) is 0 Å². The molecule has 1 N–H and O–H groups in total. The fraction of sp³-hybridized carbons (Fsp3) is 0.143. The third-order valence-electron chi connectivity index (χ3n) is 1.66. The van der Waals surface area contributed by atoms with Crippen LogP contribution < -0.4 is 0 Å². The molecule has 0 amide bonds. The molecule has 0 fully saturated rings. The maximum atomic E-state index is 10.8. The molecule has 0 atom stereocenters. The molecule has 1 heterocycles. The highest BCUT2D eigenvalue weighted by Gasteiger charge is 2.14. The molecule has 0 radical (unpaired) electrons. The van der Waals surface area contributed by atoms with Crippen LogP contribution in [0.2, 0.25) is 0 Å². The van der Waals surface area contributed by atoms with Crippen molar-refractivity contribution < 1.29 is 10.0 Å². The zero-order chi connectivity index (χ0) is 7.84. The molecule has 1 aromatic rings. The summed E-state index contributed by atoms with van der Waals surface area (Å²) in [5, 5.41) is 12.6. The van der Waals surface area contributed by atoms with E-state index in [4.69, 9.17) is 5.21 Å². The Bertz CT molecular complexity index is 338. The number of hydrogen-bond donors (Lipinski definition) is 1. The molecule has 2 rings (SSSR count). The van der Waals surface area contributed by atoms with Crippen molar-refractivity contribution in [2.24, 2.45) is 0 Å². The lowest BCUT2D eigenvalue weighted by atomic mass is 10.0. The van der Waals surface area contributed by atoms with Crippen LogP contribution in [0.1, 0.15) is 11.3 Å². The Labute approximate surface area is 62.7 Å². The van der Waals surface area contributed by atoms with Crippen LogP contribution in [0.25, 0.3) is 6.08 Å². The number of aromatic nitrogens is 2. The van der Waals surface area contributed by atoms with Crippen LogP contribution in [0.5, 0.6) is 0 Å². The average molecular weight is 150 g/mol. The van der Waals surface area contributed by atoms with Gasteiger partial charge < -0.3 is 5.21 Å². The van der Waals surface area contributed by atoms with Crippen molar-refractivity contribution in [3.8, 4) is 0 Å². The number of nitrogens with zero attached hydrogens (tertiary/aromatic N) is 2. The van der Waals surface area contributed by atoms with Crippen molar-refractivity contribution in [3.63, 3.8) is 0 Å². The average Bonchev–Trinajstić information content (AvgIpc) is 2.32. The summed E-state index contributed by atoms with van der Waals surface area (Å²) in [5.41, 5.74) is 1.38. The molecule has 0 aromatic carbocycles. The molecule has 0 bridgehead atoms. The van der Waals surface area contributed by atoms with E-state index in [1.807, 2.05) is 0 Å². The highest BCUT2D eigenvalue weighted by molar-refractivity contribution is 5.97. The molecular formula is C7H6N2O2. The number of carbonyl (C=O) groups excluding carboxylic acids is 1. The summed E-state index contributed by atoms with van der Waals surface area (Å²) < 4.78 is 0. The van der Waals surface area contributed by atoms with E-state index >= 15 is 0 Å². The van der Waals surface area contributed by atoms with Crippen LogP contribution in [-0.4, -0.2) is 20.9 Å². The third kappa shape index (κ3) is 0.832. The molecule has 0 spiro atoms. The number of fused-ring (bicyclic) bond motifs is 1. The Morgan fingerprint density at radius 2 is 2.36 bits per heavy atom. The van der Waals surface area contributed by atoms with Crippen molar-refractivity contribution in [2.45, 2.75) is 6.42 Å². The zero-order valence-corrected chi connectivity index (χ0v) is 5.69. The first-order valence-electron chi connectivity index (χ1n) is 3.24. The molecule has 1 aliphatic rings. The van der Waals surface area contributed by atoms with Gasteiger partial charge in [-0.15, -0.1) is 9.94 Å². The first-order valence-corrected chi connectivity index (χ1v) is 3.24. The maximum absolute atomic E-state index is 10.8. The molecule has 0 saturated carbocycles. The molecular weight excluding hydrogens is 144 g/mol. The predicted molar refractivity (Wildman–Crippen MR) is 37.2 cm³/mol. The van der Waals surface area contributed by atoms with Gasteiger partial charge in [-0.2, -0.15) is 0 Å². The quantitative estimate of drug-likeness (QED) is 0.539. The van der Waals surface area contributed by atoms with E-state index in [1.165, 1.54) is 12.3 Å². The first kappa shape index (κ1) is 6.15. The zero-order valence-electron chi connectivity index (χ0n) is 5.69. The molecule has 1 aliphatic carbocycles. The van der Waals surface area contributed by atoms with Gasteiger partial charge in [0.1, 0.15) is 5.69 Å². The Morgan fingerprint density at radius 1 is 1.55 bits per heavy atom. The minimum absolute atomic E-state index is 0.0468. The number of ketones is 1. The largest absolute Gasteiger partial charge is 0.411 e. The number of hydrogen-bond acceptors (Lipinski definition) is 3. The van der Waals surface area contributed by atoms with Gasteiger partial charge in [-0.3, -0.25) is 4.79 Å². The van der Waals surface area contributed by atoms with Crippen molar-refractivity contribution in [2.75, 3.05) is 0 Å². The van der Waals surface area contributed by atoms with Crippen LogP contribution in [0.15, 0.2) is 12.3 Å². The second kappa shape index (κ2) is 1.95. The van der Waals surface area contributed by atoms with Crippen LogP contribution in [0.3, 0.4) is 0 Å². The highest BCUT2D eigenvalue weighted by Crippen LogP contribution is 2.14. The van der Waals surface area contributed by atoms with E-state index in [-0.39, 0.29) is 5.78 Å². The fourth-order valence-corrected chi connectivity index (χ4v) is 1.11. The van der Waals surface area contributed by atoms with Gasteiger partial charge in [0.2, 0.25) is 0 Å². The van der Waals surface area contributed by atoms with Gasteiger partial charge >= 0.3 is 0 Å². The maximum Gasteiger partial charge on any atom is 0.160 e. The Balaban J connectivity index is 2.56. The number of carbonyl (C=O) groups is 1. The van der Waals surface area contributed by atoms with Gasteiger partial charge in [0, 0.05) is 12.0 Å². The van der Waals surface area contributed by atoms with E-state index < -0.39 is 0 Å². The van der Waals surface area contributed by atoms with Gasteiger partial charge in [0.15, 0.2) is 5.78 Å². The van der Waals surface area contributed by atoms with Crippen molar-refractivity contribution >= 4 is 11.9 Å². The second-order valence-electron chi connectivity index (χ2n) is 2.42. The van der Waals surface area contributed by atoms with Crippen molar-refractivity contribution in [1.29, 1.82) is 0 Å². The standard InChI is InChI=1S/C7H6N2O2/c10-6-1-2-7-5(3-6)4-8-9(7)11/h1-2,4,11H,3H2. The first-order chi connectivity index (χ1) is 5.27. The lowest BCUT2D eigenvalue weighted by molar-refractivity contribution is -0.114. The topological polar surface area (TPSA) is 55.1 Å². The molecule has 11 heavy (non-hydrogen) atoms. The number of allylic oxidation sites excluding steroid dienone is 1. The molecule has 1 aromatic heterocycles. The lowest BCUT2D eigenvalue weighted by Gasteiger charge is -2.02. The van der Waals surface area contributed by atoms with E-state index in [0.29, 0.717) is 12.1 Å². The van der Waals surface area contributed by atoms with Crippen LogP contribution in [0, 0.1) is 0 Å². The summed E-state index contributed by atoms with van der Waals surface area (Å²) in [4.78, 5) is 11.6.